The molecule has 1 N–H and O–H groups in total. The summed E-state index contributed by atoms with van der Waals surface area (Å²) in [6.07, 6.45) is 13.6. The summed E-state index contributed by atoms with van der Waals surface area (Å²) in [6.45, 7) is 11.2. The number of carbonyl (C=O) groups is 3. The number of esters is 1. The second kappa shape index (κ2) is 13.0. The number of fused-ring (bicyclic) bond motifs is 1. The zero-order chi connectivity index (χ0) is 27.3. The van der Waals surface area contributed by atoms with E-state index >= 15 is 0 Å². The Hall–Kier alpha value is -1.80. The van der Waals surface area contributed by atoms with E-state index in [0.717, 1.165) is 57.8 Å². The van der Waals surface area contributed by atoms with Gasteiger partial charge in [0.25, 0.3) is 0 Å². The Labute approximate surface area is 232 Å². The van der Waals surface area contributed by atoms with Gasteiger partial charge in [0.05, 0.1) is 23.2 Å². The maximum atomic E-state index is 14.6. The lowest BCUT2D eigenvalue weighted by atomic mass is 9.66. The Balaban J connectivity index is 1.66. The van der Waals surface area contributed by atoms with Crippen LogP contribution in [0.2, 0.25) is 0 Å². The normalized spacial score (nSPS) is 32.3. The fourth-order valence-corrected chi connectivity index (χ4v) is 9.91. The average molecular weight is 547 g/mol. The number of carbonyl (C=O) groups excluding carboxylic acids is 3. The summed E-state index contributed by atoms with van der Waals surface area (Å²) < 4.78 is 5.01. The third-order valence-electron chi connectivity index (χ3n) is 9.25. The maximum absolute atomic E-state index is 14.6. The number of aliphatic hydroxyl groups excluding tert-OH is 1. The number of aliphatic hydroxyl groups is 1. The van der Waals surface area contributed by atoms with Gasteiger partial charge in [-0.3, -0.25) is 14.4 Å². The Morgan fingerprint density at radius 2 is 1.89 bits per heavy atom. The van der Waals surface area contributed by atoms with E-state index in [9.17, 15) is 14.4 Å². The van der Waals surface area contributed by atoms with E-state index in [0.29, 0.717) is 19.5 Å². The molecule has 3 heterocycles. The van der Waals surface area contributed by atoms with Crippen molar-refractivity contribution in [3.63, 3.8) is 0 Å². The molecule has 0 aromatic rings. The van der Waals surface area contributed by atoms with Gasteiger partial charge in [0, 0.05) is 31.0 Å². The average Bonchev–Trinajstić information content (AvgIpc) is 3.51. The molecule has 0 aromatic carbocycles. The van der Waals surface area contributed by atoms with Gasteiger partial charge in [0.2, 0.25) is 11.8 Å². The third kappa shape index (κ3) is 5.32. The largest absolute Gasteiger partial charge is 0.465 e. The van der Waals surface area contributed by atoms with Crippen LogP contribution in [-0.2, 0) is 19.1 Å². The van der Waals surface area contributed by atoms with Crippen LogP contribution in [0.5, 0.6) is 0 Å². The second-order valence-electron chi connectivity index (χ2n) is 11.5. The van der Waals surface area contributed by atoms with E-state index < -0.39 is 22.6 Å². The van der Waals surface area contributed by atoms with Crippen LogP contribution in [0.4, 0.5) is 0 Å². The minimum absolute atomic E-state index is 0.000259. The lowest BCUT2D eigenvalue weighted by Crippen LogP contribution is -2.59. The highest BCUT2D eigenvalue weighted by atomic mass is 32.2. The molecule has 3 unspecified atom stereocenters. The monoisotopic (exact) mass is 546 g/mol. The molecule has 2 amide bonds. The van der Waals surface area contributed by atoms with E-state index in [2.05, 4.69) is 20.1 Å². The molecule has 38 heavy (non-hydrogen) atoms. The Bertz CT molecular complexity index is 890. The van der Waals surface area contributed by atoms with Crippen LogP contribution in [0.15, 0.2) is 25.3 Å². The summed E-state index contributed by atoms with van der Waals surface area (Å²) in [6, 6.07) is -0.402. The van der Waals surface area contributed by atoms with Crippen molar-refractivity contribution in [2.45, 2.75) is 99.6 Å². The van der Waals surface area contributed by atoms with E-state index in [1.165, 1.54) is 6.42 Å². The molecule has 2 bridgehead atoms. The van der Waals surface area contributed by atoms with Crippen molar-refractivity contribution in [3.8, 4) is 0 Å². The summed E-state index contributed by atoms with van der Waals surface area (Å²) in [5.74, 6) is -1.22. The van der Waals surface area contributed by atoms with Crippen LogP contribution in [0.3, 0.4) is 0 Å². The Morgan fingerprint density at radius 1 is 1.16 bits per heavy atom. The van der Waals surface area contributed by atoms with Crippen LogP contribution >= 0.6 is 11.8 Å². The number of likely N-dealkylation sites (tertiary alicyclic amines) is 1. The van der Waals surface area contributed by atoms with Gasteiger partial charge in [-0.2, -0.15) is 0 Å². The number of nitrogens with zero attached hydrogens (tertiary/aromatic N) is 2. The topological polar surface area (TPSA) is 87.1 Å². The van der Waals surface area contributed by atoms with E-state index in [1.807, 2.05) is 9.80 Å². The summed E-state index contributed by atoms with van der Waals surface area (Å²) in [5.41, 5.74) is 0. The lowest BCUT2D eigenvalue weighted by Gasteiger charge is -2.43. The Morgan fingerprint density at radius 3 is 2.58 bits per heavy atom. The highest BCUT2D eigenvalue weighted by Crippen LogP contribution is 2.68. The highest BCUT2D eigenvalue weighted by molar-refractivity contribution is 8.02. The van der Waals surface area contributed by atoms with E-state index in [-0.39, 0.29) is 48.2 Å². The molecule has 3 saturated heterocycles. The molecule has 7 nitrogen and oxygen atoms in total. The zero-order valence-electron chi connectivity index (χ0n) is 23.0. The van der Waals surface area contributed by atoms with Crippen molar-refractivity contribution in [1.82, 2.24) is 9.80 Å². The molecule has 8 heteroatoms. The van der Waals surface area contributed by atoms with E-state index in [4.69, 9.17) is 9.84 Å². The fourth-order valence-electron chi connectivity index (χ4n) is 7.50. The highest BCUT2D eigenvalue weighted by Gasteiger charge is 2.76. The predicted octanol–water partition coefficient (Wildman–Crippen LogP) is 4.34. The van der Waals surface area contributed by atoms with Gasteiger partial charge in [-0.15, -0.1) is 24.9 Å². The van der Waals surface area contributed by atoms with Crippen molar-refractivity contribution < 1.29 is 24.2 Å². The lowest BCUT2D eigenvalue weighted by molar-refractivity contribution is -0.154. The molecule has 1 spiro atoms. The molecular weight excluding hydrogens is 500 g/mol. The van der Waals surface area contributed by atoms with Crippen molar-refractivity contribution in [3.05, 3.63) is 25.3 Å². The molecule has 4 aliphatic rings. The number of hydrogen-bond acceptors (Lipinski definition) is 6. The zero-order valence-corrected chi connectivity index (χ0v) is 23.8. The van der Waals surface area contributed by atoms with Crippen molar-refractivity contribution in [1.29, 1.82) is 0 Å². The molecular formula is C30H46N2O5S. The SMILES string of the molecule is C=CCCOC(=O)[C@@H]1[C@H]2C(=O)N(CCCCCCO)C(C(=O)N(CC=C)C3CCCCC3)C23S[C@@H]1CC3C. The van der Waals surface area contributed by atoms with Crippen LogP contribution in [-0.4, -0.2) is 81.1 Å². The number of amides is 2. The number of hydrogen-bond donors (Lipinski definition) is 1. The number of thioether (sulfide) groups is 1. The van der Waals surface area contributed by atoms with Gasteiger partial charge in [-0.25, -0.2) is 0 Å². The minimum Gasteiger partial charge on any atom is -0.465 e. The first-order valence-corrected chi connectivity index (χ1v) is 15.6. The van der Waals surface area contributed by atoms with Crippen LogP contribution < -0.4 is 0 Å². The molecule has 0 aromatic heterocycles. The summed E-state index contributed by atoms with van der Waals surface area (Å²) in [4.78, 5) is 46.0. The third-order valence-corrected chi connectivity index (χ3v) is 11.3. The first-order valence-electron chi connectivity index (χ1n) is 14.7. The second-order valence-corrected chi connectivity index (χ2v) is 13.1. The molecule has 4 rings (SSSR count). The van der Waals surface area contributed by atoms with E-state index in [1.54, 1.807) is 23.9 Å². The molecule has 1 saturated carbocycles. The van der Waals surface area contributed by atoms with Crippen LogP contribution in [0, 0.1) is 17.8 Å². The van der Waals surface area contributed by atoms with Gasteiger partial charge >= 0.3 is 5.97 Å². The quantitative estimate of drug-likeness (QED) is 0.198. The maximum Gasteiger partial charge on any atom is 0.310 e. The van der Waals surface area contributed by atoms with Crippen molar-refractivity contribution >= 4 is 29.5 Å². The Kier molecular flexibility index (Phi) is 10.0. The van der Waals surface area contributed by atoms with Gasteiger partial charge in [-0.1, -0.05) is 51.2 Å². The van der Waals surface area contributed by atoms with Gasteiger partial charge < -0.3 is 19.6 Å². The fraction of sp³-hybridized carbons (Fsp3) is 0.767. The van der Waals surface area contributed by atoms with Crippen molar-refractivity contribution in [2.24, 2.45) is 17.8 Å². The number of rotatable bonds is 14. The predicted molar refractivity (Wildman–Crippen MR) is 150 cm³/mol. The van der Waals surface area contributed by atoms with Crippen LogP contribution in [0.25, 0.3) is 0 Å². The number of ether oxygens (including phenoxy) is 1. The van der Waals surface area contributed by atoms with Gasteiger partial charge in [0.15, 0.2) is 0 Å². The smallest absolute Gasteiger partial charge is 0.310 e. The van der Waals surface area contributed by atoms with Gasteiger partial charge in [0.1, 0.15) is 6.04 Å². The summed E-state index contributed by atoms with van der Waals surface area (Å²) >= 11 is 1.72. The molecule has 1 aliphatic carbocycles. The first-order chi connectivity index (χ1) is 18.4. The summed E-state index contributed by atoms with van der Waals surface area (Å²) in [7, 11) is 0. The van der Waals surface area contributed by atoms with Crippen LogP contribution in [0.1, 0.15) is 77.6 Å². The molecule has 212 valence electrons. The van der Waals surface area contributed by atoms with Crippen molar-refractivity contribution in [2.75, 3.05) is 26.3 Å². The molecule has 3 aliphatic heterocycles. The first kappa shape index (κ1) is 29.2. The summed E-state index contributed by atoms with van der Waals surface area (Å²) in [5, 5.41) is 9.16. The van der Waals surface area contributed by atoms with Gasteiger partial charge in [-0.05, 0) is 44.4 Å². The number of unbranched alkanes of at least 4 members (excludes halogenated alkanes) is 3. The molecule has 6 atom stereocenters. The minimum atomic E-state index is -0.611. The standard InChI is InChI=1S/C30H46N2O5S/c1-4-6-19-37-29(36)24-23-20-21(3)30(38-23)25(24)27(34)32(17-12-7-8-13-18-33)26(30)28(35)31(16-5-2)22-14-10-9-11-15-22/h4-5,21-26,33H,1-2,6-20H2,3H3/t21?,23-,24+,25+,26?,30?/m1/s1. The molecule has 4 fully saturated rings. The molecule has 0 radical (unpaired) electrons.